The van der Waals surface area contributed by atoms with E-state index in [-0.39, 0.29) is 12.5 Å². The largest absolute Gasteiger partial charge is 0.467 e. The van der Waals surface area contributed by atoms with Gasteiger partial charge < -0.3 is 19.0 Å². The number of hydrogen-bond donors (Lipinski definition) is 1. The number of morpholine rings is 1. The number of nitrogens with one attached hydrogen (secondary N) is 1. The number of rotatable bonds is 6. The van der Waals surface area contributed by atoms with Crippen LogP contribution in [0.1, 0.15) is 27.4 Å². The summed E-state index contributed by atoms with van der Waals surface area (Å²) in [4.78, 5) is 14.6. The molecule has 0 radical (unpaired) electrons. The lowest BCUT2D eigenvalue weighted by Gasteiger charge is -2.25. The molecule has 1 fully saturated rings. The van der Waals surface area contributed by atoms with E-state index in [2.05, 4.69) is 15.4 Å². The molecule has 1 aromatic carbocycles. The number of benzene rings is 1. The fourth-order valence-corrected chi connectivity index (χ4v) is 3.08. The molecule has 28 heavy (non-hydrogen) atoms. The van der Waals surface area contributed by atoms with E-state index < -0.39 is 0 Å². The zero-order valence-corrected chi connectivity index (χ0v) is 15.8. The number of hydrogen-bond acceptors (Lipinski definition) is 6. The van der Waals surface area contributed by atoms with Crippen LogP contribution in [-0.4, -0.2) is 42.3 Å². The highest BCUT2D eigenvalue weighted by Gasteiger charge is 2.16. The van der Waals surface area contributed by atoms with Crippen molar-refractivity contribution in [1.82, 2.24) is 15.4 Å². The van der Waals surface area contributed by atoms with Gasteiger partial charge in [-0.05, 0) is 13.0 Å². The van der Waals surface area contributed by atoms with Crippen LogP contribution in [0.2, 0.25) is 0 Å². The summed E-state index contributed by atoms with van der Waals surface area (Å²) in [6.07, 6.45) is 1.49. The van der Waals surface area contributed by atoms with Crippen molar-refractivity contribution in [2.24, 2.45) is 0 Å². The lowest BCUT2D eigenvalue weighted by atomic mass is 10.1. The molecule has 146 valence electrons. The van der Waals surface area contributed by atoms with Crippen LogP contribution < -0.4 is 5.32 Å². The minimum atomic E-state index is -0.197. The van der Waals surface area contributed by atoms with E-state index >= 15 is 0 Å². The first kappa shape index (κ1) is 18.5. The maximum atomic E-state index is 12.4. The van der Waals surface area contributed by atoms with Crippen LogP contribution in [0.3, 0.4) is 0 Å². The summed E-state index contributed by atoms with van der Waals surface area (Å²) >= 11 is 0. The highest BCUT2D eigenvalue weighted by Crippen LogP contribution is 2.20. The average Bonchev–Trinajstić information content (AvgIpc) is 3.37. The number of aromatic nitrogens is 1. The van der Waals surface area contributed by atoms with E-state index in [1.54, 1.807) is 6.07 Å². The van der Waals surface area contributed by atoms with Gasteiger partial charge in [-0.3, -0.25) is 9.69 Å². The van der Waals surface area contributed by atoms with Crippen molar-refractivity contribution < 1.29 is 18.5 Å². The number of carbonyl (C=O) groups excluding carboxylic acids is 1. The number of nitrogens with zero attached hydrogens (tertiary/aromatic N) is 2. The molecule has 7 nitrogen and oxygen atoms in total. The van der Waals surface area contributed by atoms with Crippen molar-refractivity contribution in [2.45, 2.75) is 20.0 Å². The minimum Gasteiger partial charge on any atom is -0.467 e. The maximum Gasteiger partial charge on any atom is 0.254 e. The molecule has 4 rings (SSSR count). The standard InChI is InChI=1S/C21H23N3O4/c1-15-2-4-16(5-3-15)20-11-18(23-28-20)12-22-21(25)17-10-19(27-14-17)13-24-6-8-26-9-7-24/h2-5,10-11,14H,6-9,12-13H2,1H3,(H,22,25). The highest BCUT2D eigenvalue weighted by atomic mass is 16.5. The predicted octanol–water partition coefficient (Wildman–Crippen LogP) is 3.01. The fourth-order valence-electron chi connectivity index (χ4n) is 3.08. The predicted molar refractivity (Wildman–Crippen MR) is 103 cm³/mol. The van der Waals surface area contributed by atoms with Gasteiger partial charge >= 0.3 is 0 Å². The summed E-state index contributed by atoms with van der Waals surface area (Å²) in [7, 11) is 0. The van der Waals surface area contributed by atoms with Crippen LogP contribution in [0, 0.1) is 6.92 Å². The molecule has 0 bridgehead atoms. The Morgan fingerprint density at radius 3 is 2.75 bits per heavy atom. The average molecular weight is 381 g/mol. The van der Waals surface area contributed by atoms with Crippen molar-refractivity contribution in [3.8, 4) is 11.3 Å². The molecule has 3 aromatic rings. The van der Waals surface area contributed by atoms with Gasteiger partial charge in [0.15, 0.2) is 5.76 Å². The zero-order valence-electron chi connectivity index (χ0n) is 15.8. The molecule has 0 spiro atoms. The van der Waals surface area contributed by atoms with Gasteiger partial charge in [-0.15, -0.1) is 0 Å². The maximum absolute atomic E-state index is 12.4. The number of furan rings is 1. The van der Waals surface area contributed by atoms with Gasteiger partial charge in [0.1, 0.15) is 17.7 Å². The minimum absolute atomic E-state index is 0.197. The number of amides is 1. The first-order valence-electron chi connectivity index (χ1n) is 9.36. The Kier molecular flexibility index (Phi) is 5.55. The number of ether oxygens (including phenoxy) is 1. The third kappa shape index (κ3) is 4.49. The molecule has 1 N–H and O–H groups in total. The third-order valence-electron chi connectivity index (χ3n) is 4.72. The quantitative estimate of drug-likeness (QED) is 0.707. The van der Waals surface area contributed by atoms with E-state index in [1.165, 1.54) is 11.8 Å². The zero-order chi connectivity index (χ0) is 19.3. The summed E-state index contributed by atoms with van der Waals surface area (Å²) in [5, 5.41) is 6.88. The van der Waals surface area contributed by atoms with Gasteiger partial charge in [0.2, 0.25) is 0 Å². The van der Waals surface area contributed by atoms with Gasteiger partial charge in [0.05, 0.1) is 31.9 Å². The van der Waals surface area contributed by atoms with Crippen LogP contribution in [0.4, 0.5) is 0 Å². The summed E-state index contributed by atoms with van der Waals surface area (Å²) < 4.78 is 16.3. The molecule has 1 aliphatic rings. The van der Waals surface area contributed by atoms with Gasteiger partial charge in [-0.2, -0.15) is 0 Å². The molecule has 0 saturated carbocycles. The molecule has 0 aliphatic carbocycles. The number of aryl methyl sites for hydroxylation is 1. The molecule has 2 aromatic heterocycles. The lowest BCUT2D eigenvalue weighted by Crippen LogP contribution is -2.35. The normalized spacial score (nSPS) is 14.9. The Morgan fingerprint density at radius 1 is 1.18 bits per heavy atom. The van der Waals surface area contributed by atoms with Crippen LogP contribution in [-0.2, 0) is 17.8 Å². The number of carbonyl (C=O) groups is 1. The van der Waals surface area contributed by atoms with Gasteiger partial charge in [0.25, 0.3) is 5.91 Å². The molecule has 1 amide bonds. The SMILES string of the molecule is Cc1ccc(-c2cc(CNC(=O)c3coc(CN4CCOCC4)c3)no2)cc1. The second kappa shape index (κ2) is 8.41. The molecule has 1 saturated heterocycles. The lowest BCUT2D eigenvalue weighted by molar-refractivity contribution is 0.0313. The molecular weight excluding hydrogens is 358 g/mol. The van der Waals surface area contributed by atoms with E-state index in [4.69, 9.17) is 13.7 Å². The molecular formula is C21H23N3O4. The van der Waals surface area contributed by atoms with Crippen LogP contribution in [0.5, 0.6) is 0 Å². The summed E-state index contributed by atoms with van der Waals surface area (Å²) in [6, 6.07) is 11.6. The molecule has 7 heteroatoms. The van der Waals surface area contributed by atoms with Crippen molar-refractivity contribution >= 4 is 5.91 Å². The Balaban J connectivity index is 1.31. The van der Waals surface area contributed by atoms with Crippen LogP contribution in [0.15, 0.2) is 51.6 Å². The molecule has 3 heterocycles. The van der Waals surface area contributed by atoms with Gasteiger partial charge in [-0.25, -0.2) is 0 Å². The second-order valence-corrected chi connectivity index (χ2v) is 6.92. The van der Waals surface area contributed by atoms with E-state index in [0.717, 1.165) is 37.6 Å². The van der Waals surface area contributed by atoms with E-state index in [0.29, 0.717) is 23.6 Å². The van der Waals surface area contributed by atoms with Crippen LogP contribution in [0.25, 0.3) is 11.3 Å². The Bertz CT molecular complexity index is 923. The molecule has 0 unspecified atom stereocenters. The van der Waals surface area contributed by atoms with Gasteiger partial charge in [0, 0.05) is 24.7 Å². The van der Waals surface area contributed by atoms with Crippen molar-refractivity contribution in [2.75, 3.05) is 26.3 Å². The molecule has 0 atom stereocenters. The summed E-state index contributed by atoms with van der Waals surface area (Å²) in [5.74, 6) is 1.26. The Morgan fingerprint density at radius 2 is 1.96 bits per heavy atom. The first-order chi connectivity index (χ1) is 13.7. The third-order valence-corrected chi connectivity index (χ3v) is 4.72. The summed E-state index contributed by atoms with van der Waals surface area (Å²) in [6.45, 7) is 6.22. The first-order valence-corrected chi connectivity index (χ1v) is 9.36. The van der Waals surface area contributed by atoms with Crippen molar-refractivity contribution in [3.63, 3.8) is 0 Å². The Labute approximate surface area is 163 Å². The Hall–Kier alpha value is -2.90. The van der Waals surface area contributed by atoms with Crippen molar-refractivity contribution in [3.05, 3.63) is 65.2 Å². The molecule has 1 aliphatic heterocycles. The highest BCUT2D eigenvalue weighted by molar-refractivity contribution is 5.93. The summed E-state index contributed by atoms with van der Waals surface area (Å²) in [5.41, 5.74) is 3.31. The second-order valence-electron chi connectivity index (χ2n) is 6.92. The van der Waals surface area contributed by atoms with E-state index in [9.17, 15) is 4.79 Å². The monoisotopic (exact) mass is 381 g/mol. The fraction of sp³-hybridized carbons (Fsp3) is 0.333. The smallest absolute Gasteiger partial charge is 0.254 e. The topological polar surface area (TPSA) is 80.7 Å². The van der Waals surface area contributed by atoms with E-state index in [1.807, 2.05) is 37.3 Å². The van der Waals surface area contributed by atoms with Gasteiger partial charge in [-0.1, -0.05) is 35.0 Å². The van der Waals surface area contributed by atoms with Crippen molar-refractivity contribution in [1.29, 1.82) is 0 Å². The van der Waals surface area contributed by atoms with Crippen LogP contribution >= 0.6 is 0 Å².